The topological polar surface area (TPSA) is 83.0 Å². The molecule has 1 aromatic heterocycles. The number of piperazine rings is 1. The Morgan fingerprint density at radius 1 is 0.767 bits per heavy atom. The number of hydrogen-bond donors (Lipinski definition) is 0. The maximum absolute atomic E-state index is 13.3. The standard InChI is InChI=1S/C33H30N4O4S2/c38-32(25-10-13-29(14-11-25)43(39,40)37-17-16-24-6-4-5-7-26(24)23-37)41-28-12-15-30-31(22-28)42-33(34-30)36-20-18-35(19-21-36)27-8-2-1-3-9-27/h1-15,22H,16-21,23H2. The number of nitrogens with zero attached hydrogens (tertiary/aromatic N) is 4. The van der Waals surface area contributed by atoms with Gasteiger partial charge in [0.25, 0.3) is 0 Å². The normalized spacial score (nSPS) is 15.8. The van der Waals surface area contributed by atoms with Crippen LogP contribution in [0.15, 0.2) is 102 Å². The van der Waals surface area contributed by atoms with Gasteiger partial charge in [-0.2, -0.15) is 4.31 Å². The molecule has 0 saturated carbocycles. The number of aromatic nitrogens is 1. The van der Waals surface area contributed by atoms with E-state index in [0.29, 0.717) is 25.3 Å². The molecular weight excluding hydrogens is 581 g/mol. The number of thiazole rings is 1. The van der Waals surface area contributed by atoms with Crippen molar-refractivity contribution in [2.45, 2.75) is 17.9 Å². The second-order valence-electron chi connectivity index (χ2n) is 10.7. The monoisotopic (exact) mass is 610 g/mol. The summed E-state index contributed by atoms with van der Waals surface area (Å²) in [5.74, 6) is -0.123. The van der Waals surface area contributed by atoms with E-state index in [1.165, 1.54) is 39.8 Å². The van der Waals surface area contributed by atoms with Gasteiger partial charge < -0.3 is 14.5 Å². The van der Waals surface area contributed by atoms with Crippen LogP contribution in [0.1, 0.15) is 21.5 Å². The molecule has 4 aromatic carbocycles. The van der Waals surface area contributed by atoms with Gasteiger partial charge in [-0.3, -0.25) is 0 Å². The predicted octanol–water partition coefficient (Wildman–Crippen LogP) is 5.59. The highest BCUT2D eigenvalue weighted by molar-refractivity contribution is 7.89. The van der Waals surface area contributed by atoms with E-state index in [1.54, 1.807) is 17.4 Å². The Bertz CT molecular complexity index is 1880. The number of para-hydroxylation sites is 1. The molecule has 0 radical (unpaired) electrons. The molecule has 1 saturated heterocycles. The van der Waals surface area contributed by atoms with E-state index in [1.807, 2.05) is 42.5 Å². The lowest BCUT2D eigenvalue weighted by molar-refractivity contribution is 0.0735. The van der Waals surface area contributed by atoms with E-state index in [0.717, 1.165) is 47.1 Å². The van der Waals surface area contributed by atoms with Crippen molar-refractivity contribution in [3.63, 3.8) is 0 Å². The minimum absolute atomic E-state index is 0.159. The van der Waals surface area contributed by atoms with Crippen LogP contribution in [0.25, 0.3) is 10.2 Å². The Morgan fingerprint density at radius 3 is 2.23 bits per heavy atom. The summed E-state index contributed by atoms with van der Waals surface area (Å²) in [4.78, 5) is 22.6. The molecule has 0 aliphatic carbocycles. The number of sulfonamides is 1. The Balaban J connectivity index is 0.999. The molecule has 0 spiro atoms. The van der Waals surface area contributed by atoms with Crippen molar-refractivity contribution in [1.29, 1.82) is 0 Å². The zero-order valence-electron chi connectivity index (χ0n) is 23.4. The predicted molar refractivity (Wildman–Crippen MR) is 170 cm³/mol. The summed E-state index contributed by atoms with van der Waals surface area (Å²) in [6.45, 7) is 4.38. The molecule has 0 atom stereocenters. The highest BCUT2D eigenvalue weighted by atomic mass is 32.2. The fraction of sp³-hybridized carbons (Fsp3) is 0.212. The molecule has 1 fully saturated rings. The fourth-order valence-electron chi connectivity index (χ4n) is 5.64. The number of carbonyl (C=O) groups is 1. The molecule has 218 valence electrons. The van der Waals surface area contributed by atoms with E-state index < -0.39 is 16.0 Å². The van der Waals surface area contributed by atoms with Gasteiger partial charge in [0.05, 0.1) is 20.7 Å². The first-order chi connectivity index (χ1) is 20.9. The molecule has 10 heteroatoms. The van der Waals surface area contributed by atoms with Crippen LogP contribution in [0.2, 0.25) is 0 Å². The average molecular weight is 611 g/mol. The number of anilines is 2. The highest BCUT2D eigenvalue weighted by Gasteiger charge is 2.28. The van der Waals surface area contributed by atoms with Crippen LogP contribution in [-0.2, 0) is 23.0 Å². The summed E-state index contributed by atoms with van der Waals surface area (Å²) in [5, 5.41) is 0.958. The molecule has 3 heterocycles. The van der Waals surface area contributed by atoms with E-state index in [2.05, 4.69) is 34.1 Å². The molecule has 7 rings (SSSR count). The van der Waals surface area contributed by atoms with Gasteiger partial charge in [-0.05, 0) is 66.1 Å². The quantitative estimate of drug-likeness (QED) is 0.183. The first-order valence-electron chi connectivity index (χ1n) is 14.3. The largest absolute Gasteiger partial charge is 0.423 e. The van der Waals surface area contributed by atoms with Crippen LogP contribution >= 0.6 is 11.3 Å². The first-order valence-corrected chi connectivity index (χ1v) is 16.5. The van der Waals surface area contributed by atoms with Gasteiger partial charge in [0.2, 0.25) is 10.0 Å². The van der Waals surface area contributed by atoms with E-state index >= 15 is 0 Å². The number of hydrogen-bond acceptors (Lipinski definition) is 8. The summed E-state index contributed by atoms with van der Waals surface area (Å²) in [7, 11) is -3.69. The fourth-order valence-corrected chi connectivity index (χ4v) is 8.10. The van der Waals surface area contributed by atoms with Gasteiger partial charge in [-0.15, -0.1) is 0 Å². The maximum Gasteiger partial charge on any atom is 0.343 e. The summed E-state index contributed by atoms with van der Waals surface area (Å²) < 4.78 is 34.7. The van der Waals surface area contributed by atoms with Gasteiger partial charge in [0.1, 0.15) is 5.75 Å². The molecule has 2 aliphatic heterocycles. The first kappa shape index (κ1) is 27.6. The van der Waals surface area contributed by atoms with Crippen molar-refractivity contribution < 1.29 is 17.9 Å². The van der Waals surface area contributed by atoms with Gasteiger partial charge in [-0.25, -0.2) is 18.2 Å². The number of carbonyl (C=O) groups excluding carboxylic acids is 1. The molecule has 5 aromatic rings. The molecule has 43 heavy (non-hydrogen) atoms. The average Bonchev–Trinajstić information content (AvgIpc) is 3.49. The third-order valence-corrected chi connectivity index (χ3v) is 11.0. The van der Waals surface area contributed by atoms with Gasteiger partial charge in [0.15, 0.2) is 5.13 Å². The van der Waals surface area contributed by atoms with Gasteiger partial charge in [-0.1, -0.05) is 53.8 Å². The van der Waals surface area contributed by atoms with Crippen molar-refractivity contribution in [3.8, 4) is 5.75 Å². The third kappa shape index (κ3) is 5.61. The van der Waals surface area contributed by atoms with Crippen LogP contribution in [-0.4, -0.2) is 56.4 Å². The third-order valence-electron chi connectivity index (χ3n) is 8.05. The number of ether oxygens (including phenoxy) is 1. The molecule has 0 bridgehead atoms. The summed E-state index contributed by atoms with van der Waals surface area (Å²) >= 11 is 1.59. The molecule has 0 unspecified atom stereocenters. The molecule has 2 aliphatic rings. The second kappa shape index (κ2) is 11.4. The maximum atomic E-state index is 13.3. The van der Waals surface area contributed by atoms with Crippen LogP contribution in [0, 0.1) is 0 Å². The van der Waals surface area contributed by atoms with Crippen LogP contribution in [0.5, 0.6) is 5.75 Å². The number of rotatable bonds is 6. The highest BCUT2D eigenvalue weighted by Crippen LogP contribution is 2.33. The minimum Gasteiger partial charge on any atom is -0.423 e. The van der Waals surface area contributed by atoms with Crippen LogP contribution in [0.4, 0.5) is 10.8 Å². The Morgan fingerprint density at radius 2 is 1.47 bits per heavy atom. The molecule has 8 nitrogen and oxygen atoms in total. The molecule has 0 N–H and O–H groups in total. The zero-order chi connectivity index (χ0) is 29.4. The lowest BCUT2D eigenvalue weighted by atomic mass is 10.0. The Kier molecular flexibility index (Phi) is 7.34. The Hall–Kier alpha value is -4.25. The van der Waals surface area contributed by atoms with Crippen molar-refractivity contribution in [1.82, 2.24) is 9.29 Å². The zero-order valence-corrected chi connectivity index (χ0v) is 25.1. The van der Waals surface area contributed by atoms with Gasteiger partial charge in [0, 0.05) is 51.0 Å². The van der Waals surface area contributed by atoms with Gasteiger partial charge >= 0.3 is 5.97 Å². The number of esters is 1. The molecule has 0 amide bonds. The summed E-state index contributed by atoms with van der Waals surface area (Å²) in [6, 6.07) is 29.8. The minimum atomic E-state index is -3.69. The van der Waals surface area contributed by atoms with Crippen molar-refractivity contribution in [2.24, 2.45) is 0 Å². The van der Waals surface area contributed by atoms with Crippen molar-refractivity contribution in [2.75, 3.05) is 42.5 Å². The lowest BCUT2D eigenvalue weighted by Gasteiger charge is -2.35. The number of benzene rings is 4. The van der Waals surface area contributed by atoms with Crippen LogP contribution < -0.4 is 14.5 Å². The lowest BCUT2D eigenvalue weighted by Crippen LogP contribution is -2.46. The number of fused-ring (bicyclic) bond motifs is 2. The van der Waals surface area contributed by atoms with Crippen molar-refractivity contribution in [3.05, 3.63) is 114 Å². The molecular formula is C33H30N4O4S2. The SMILES string of the molecule is O=C(Oc1ccc2nc(N3CCN(c4ccccc4)CC3)sc2c1)c1ccc(S(=O)(=O)N2CCc3ccccc3C2)cc1. The van der Waals surface area contributed by atoms with E-state index in [9.17, 15) is 13.2 Å². The Labute approximate surface area is 254 Å². The van der Waals surface area contributed by atoms with Crippen LogP contribution in [0.3, 0.4) is 0 Å². The van der Waals surface area contributed by atoms with E-state index in [4.69, 9.17) is 9.72 Å². The van der Waals surface area contributed by atoms with Crippen molar-refractivity contribution >= 4 is 48.4 Å². The summed E-state index contributed by atoms with van der Waals surface area (Å²) in [6.07, 6.45) is 0.677. The van der Waals surface area contributed by atoms with E-state index in [-0.39, 0.29) is 10.5 Å². The summed E-state index contributed by atoms with van der Waals surface area (Å²) in [5.41, 5.74) is 4.58. The second-order valence-corrected chi connectivity index (χ2v) is 13.7. The smallest absolute Gasteiger partial charge is 0.343 e.